The summed E-state index contributed by atoms with van der Waals surface area (Å²) >= 11 is 0. The third-order valence-electron chi connectivity index (χ3n) is 1.68. The molecular weight excluding hydrogens is 190 g/mol. The van der Waals surface area contributed by atoms with Crippen molar-refractivity contribution in [2.24, 2.45) is 0 Å². The molecule has 1 aromatic rings. The Morgan fingerprint density at radius 1 is 0.857 bits per heavy atom. The normalized spacial score (nSPS) is 9.14. The lowest BCUT2D eigenvalue weighted by molar-refractivity contribution is 0.515. The van der Waals surface area contributed by atoms with Crippen LogP contribution < -0.4 is 11.5 Å². The number of nitrogen functional groups attached to an aromatic ring is 2. The van der Waals surface area contributed by atoms with E-state index in [1.54, 1.807) is 0 Å². The lowest BCUT2D eigenvalue weighted by Gasteiger charge is -2.06. The molecule has 0 aliphatic rings. The summed E-state index contributed by atoms with van der Waals surface area (Å²) in [4.78, 5) is 0. The molecule has 0 amide bonds. The second-order valence-electron chi connectivity index (χ2n) is 2.43. The van der Waals surface area contributed by atoms with Gasteiger partial charge in [-0.25, -0.2) is 8.78 Å². The first-order chi connectivity index (χ1) is 6.54. The molecule has 0 fully saturated rings. The molecule has 70 valence electrons. The summed E-state index contributed by atoms with van der Waals surface area (Å²) in [5, 5.41) is 17.1. The smallest absolute Gasteiger partial charge is 0.185 e. The number of hydrogen-bond acceptors (Lipinski definition) is 4. The zero-order valence-corrected chi connectivity index (χ0v) is 6.81. The van der Waals surface area contributed by atoms with Gasteiger partial charge < -0.3 is 11.5 Å². The molecule has 4 nitrogen and oxygen atoms in total. The Morgan fingerprint density at radius 3 is 1.36 bits per heavy atom. The summed E-state index contributed by atoms with van der Waals surface area (Å²) in [6.07, 6.45) is 0. The van der Waals surface area contributed by atoms with Gasteiger partial charge in [-0.05, 0) is 0 Å². The first kappa shape index (κ1) is 9.75. The molecule has 0 aliphatic heterocycles. The number of halogens is 2. The molecule has 14 heavy (non-hydrogen) atoms. The van der Waals surface area contributed by atoms with Gasteiger partial charge in [0.2, 0.25) is 0 Å². The summed E-state index contributed by atoms with van der Waals surface area (Å²) < 4.78 is 25.8. The van der Waals surface area contributed by atoms with Crippen LogP contribution in [0.1, 0.15) is 11.1 Å². The number of anilines is 2. The fourth-order valence-corrected chi connectivity index (χ4v) is 0.958. The molecule has 0 radical (unpaired) electrons. The molecule has 0 saturated carbocycles. The predicted octanol–water partition coefficient (Wildman–Crippen LogP) is 0.873. The van der Waals surface area contributed by atoms with Gasteiger partial charge in [0.15, 0.2) is 11.6 Å². The molecule has 1 rings (SSSR count). The summed E-state index contributed by atoms with van der Waals surface area (Å²) in [6.45, 7) is 0. The van der Waals surface area contributed by atoms with Crippen molar-refractivity contribution < 1.29 is 8.78 Å². The summed E-state index contributed by atoms with van der Waals surface area (Å²) in [5.41, 5.74) is 7.91. The molecular formula is C8H4F2N4. The van der Waals surface area contributed by atoms with E-state index in [4.69, 9.17) is 22.0 Å². The molecule has 0 heterocycles. The van der Waals surface area contributed by atoms with Crippen LogP contribution in [0, 0.1) is 34.3 Å². The Labute approximate surface area is 78.0 Å². The van der Waals surface area contributed by atoms with Gasteiger partial charge in [0.1, 0.15) is 12.1 Å². The molecule has 0 unspecified atom stereocenters. The molecule has 0 atom stereocenters. The third-order valence-corrected chi connectivity index (χ3v) is 1.68. The van der Waals surface area contributed by atoms with Crippen molar-refractivity contribution in [3.05, 3.63) is 22.8 Å². The fourth-order valence-electron chi connectivity index (χ4n) is 0.958. The monoisotopic (exact) mass is 194 g/mol. The molecule has 0 aliphatic carbocycles. The highest BCUT2D eigenvalue weighted by atomic mass is 19.2. The first-order valence-corrected chi connectivity index (χ1v) is 3.40. The van der Waals surface area contributed by atoms with E-state index in [9.17, 15) is 8.78 Å². The molecule has 0 saturated heterocycles. The van der Waals surface area contributed by atoms with E-state index in [0.717, 1.165) is 0 Å². The van der Waals surface area contributed by atoms with Crippen LogP contribution in [0.15, 0.2) is 0 Å². The number of hydrogen-bond donors (Lipinski definition) is 2. The van der Waals surface area contributed by atoms with Crippen LogP contribution in [0.5, 0.6) is 0 Å². The molecule has 1 aromatic carbocycles. The Morgan fingerprint density at radius 2 is 1.14 bits per heavy atom. The van der Waals surface area contributed by atoms with Crippen LogP contribution in [0.2, 0.25) is 0 Å². The quantitative estimate of drug-likeness (QED) is 0.598. The van der Waals surface area contributed by atoms with Crippen LogP contribution in [-0.2, 0) is 0 Å². The zero-order chi connectivity index (χ0) is 10.9. The lowest BCUT2D eigenvalue weighted by Crippen LogP contribution is -2.06. The maximum atomic E-state index is 12.9. The van der Waals surface area contributed by atoms with E-state index in [1.807, 2.05) is 0 Å². The first-order valence-electron chi connectivity index (χ1n) is 3.40. The number of nitriles is 2. The van der Waals surface area contributed by atoms with Crippen molar-refractivity contribution >= 4 is 11.4 Å². The Balaban J connectivity index is 3.79. The van der Waals surface area contributed by atoms with Crippen molar-refractivity contribution in [3.63, 3.8) is 0 Å². The van der Waals surface area contributed by atoms with Gasteiger partial charge in [-0.2, -0.15) is 10.5 Å². The average Bonchev–Trinajstić information content (AvgIpc) is 2.20. The Bertz CT molecular complexity index is 437. The van der Waals surface area contributed by atoms with Crippen LogP contribution in [0.4, 0.5) is 20.2 Å². The van der Waals surface area contributed by atoms with Crippen molar-refractivity contribution in [2.75, 3.05) is 11.5 Å². The number of rotatable bonds is 0. The van der Waals surface area contributed by atoms with Gasteiger partial charge in [0.05, 0.1) is 22.5 Å². The van der Waals surface area contributed by atoms with E-state index >= 15 is 0 Å². The summed E-state index contributed by atoms with van der Waals surface area (Å²) in [6, 6.07) is 2.98. The largest absolute Gasteiger partial charge is 0.395 e. The Hall–Kier alpha value is -2.34. The predicted molar refractivity (Wildman–Crippen MR) is 44.6 cm³/mol. The molecule has 0 bridgehead atoms. The van der Waals surface area contributed by atoms with E-state index in [-0.39, 0.29) is 0 Å². The number of nitrogens with zero attached hydrogens (tertiary/aromatic N) is 2. The maximum Gasteiger partial charge on any atom is 0.185 e. The summed E-state index contributed by atoms with van der Waals surface area (Å²) in [5.74, 6) is -2.81. The second kappa shape index (κ2) is 3.19. The third kappa shape index (κ3) is 1.10. The minimum absolute atomic E-state index is 0.441. The molecule has 4 N–H and O–H groups in total. The van der Waals surface area contributed by atoms with E-state index in [2.05, 4.69) is 0 Å². The van der Waals surface area contributed by atoms with Crippen LogP contribution in [-0.4, -0.2) is 0 Å². The Kier molecular flexibility index (Phi) is 2.22. The molecule has 0 spiro atoms. The van der Waals surface area contributed by atoms with Crippen LogP contribution in [0.3, 0.4) is 0 Å². The van der Waals surface area contributed by atoms with Crippen molar-refractivity contribution in [2.45, 2.75) is 0 Å². The van der Waals surface area contributed by atoms with Crippen molar-refractivity contribution in [3.8, 4) is 12.1 Å². The second-order valence-corrected chi connectivity index (χ2v) is 2.43. The van der Waals surface area contributed by atoms with E-state index in [0.29, 0.717) is 0 Å². The minimum atomic E-state index is -1.40. The van der Waals surface area contributed by atoms with Crippen molar-refractivity contribution in [1.29, 1.82) is 10.5 Å². The standard InChI is InChI=1S/C8H4F2N4/c9-5-6(10)8(14)4(2-12)3(1-11)7(5)13/h13-14H2. The van der Waals surface area contributed by atoms with Gasteiger partial charge in [-0.3, -0.25) is 0 Å². The summed E-state index contributed by atoms with van der Waals surface area (Å²) in [7, 11) is 0. The van der Waals surface area contributed by atoms with E-state index < -0.39 is 34.1 Å². The highest BCUT2D eigenvalue weighted by molar-refractivity contribution is 5.72. The minimum Gasteiger partial charge on any atom is -0.395 e. The van der Waals surface area contributed by atoms with Crippen molar-refractivity contribution in [1.82, 2.24) is 0 Å². The topological polar surface area (TPSA) is 99.6 Å². The number of nitrogens with two attached hydrogens (primary N) is 2. The van der Waals surface area contributed by atoms with Gasteiger partial charge in [-0.1, -0.05) is 0 Å². The van der Waals surface area contributed by atoms with Gasteiger partial charge in [-0.15, -0.1) is 0 Å². The fraction of sp³-hybridized carbons (Fsp3) is 0. The lowest BCUT2D eigenvalue weighted by atomic mass is 10.0. The SMILES string of the molecule is N#Cc1c(N)c(F)c(F)c(N)c1C#N. The van der Waals surface area contributed by atoms with Crippen LogP contribution in [0.25, 0.3) is 0 Å². The molecule has 0 aromatic heterocycles. The zero-order valence-electron chi connectivity index (χ0n) is 6.81. The van der Waals surface area contributed by atoms with Gasteiger partial charge >= 0.3 is 0 Å². The number of benzene rings is 1. The van der Waals surface area contributed by atoms with E-state index in [1.165, 1.54) is 12.1 Å². The average molecular weight is 194 g/mol. The highest BCUT2D eigenvalue weighted by Gasteiger charge is 2.20. The van der Waals surface area contributed by atoms with Gasteiger partial charge in [0, 0.05) is 0 Å². The maximum absolute atomic E-state index is 12.9. The molecule has 6 heteroatoms. The van der Waals surface area contributed by atoms with Crippen LogP contribution >= 0.6 is 0 Å². The highest BCUT2D eigenvalue weighted by Crippen LogP contribution is 2.28. The van der Waals surface area contributed by atoms with Gasteiger partial charge in [0.25, 0.3) is 0 Å².